The van der Waals surface area contributed by atoms with Crippen LogP contribution >= 0.6 is 11.6 Å². The highest BCUT2D eigenvalue weighted by Gasteiger charge is 2.38. The van der Waals surface area contributed by atoms with Crippen molar-refractivity contribution in [2.24, 2.45) is 11.7 Å². The van der Waals surface area contributed by atoms with E-state index in [1.807, 2.05) is 23.1 Å². The van der Waals surface area contributed by atoms with Crippen molar-refractivity contribution in [1.29, 1.82) is 0 Å². The molecule has 2 fully saturated rings. The number of primary amides is 1. The summed E-state index contributed by atoms with van der Waals surface area (Å²) in [4.78, 5) is 42.4. The Balaban J connectivity index is 1.39. The molecular weight excluding hydrogens is 452 g/mol. The van der Waals surface area contributed by atoms with E-state index in [9.17, 15) is 14.4 Å². The van der Waals surface area contributed by atoms with Crippen LogP contribution in [0.4, 0.5) is 0 Å². The Labute approximate surface area is 205 Å². The summed E-state index contributed by atoms with van der Waals surface area (Å²) in [6.45, 7) is 2.65. The largest absolute Gasteiger partial charge is 0.368 e. The Morgan fingerprint density at radius 3 is 2.21 bits per heavy atom. The van der Waals surface area contributed by atoms with Crippen LogP contribution in [0.25, 0.3) is 0 Å². The third-order valence-electron chi connectivity index (χ3n) is 6.93. The summed E-state index contributed by atoms with van der Waals surface area (Å²) in [5.74, 6) is -0.905. The lowest BCUT2D eigenvalue weighted by molar-refractivity contribution is -0.133. The van der Waals surface area contributed by atoms with Crippen LogP contribution in [-0.2, 0) is 9.59 Å². The first-order valence-corrected chi connectivity index (χ1v) is 12.3. The predicted octanol–water partition coefficient (Wildman–Crippen LogP) is 3.00. The van der Waals surface area contributed by atoms with Gasteiger partial charge in [-0.25, -0.2) is 0 Å². The molecule has 8 heteroatoms. The molecule has 1 aliphatic carbocycles. The van der Waals surface area contributed by atoms with Gasteiger partial charge in [0.1, 0.15) is 6.04 Å². The standard InChI is InChI=1S/C26H31ClN4O3/c27-20-12-10-19(11-13-20)26(34)31-16-14-30(15-17-31)22-9-5-4-8-21(22)25(33)29-23(24(28)32)18-6-2-1-3-7-18/h1-3,6-7,10-13,21-23H,4-5,8-9,14-17H2,(H2,28,32)(H,29,33)/t21-,22-,23+/m1/s1. The first-order valence-electron chi connectivity index (χ1n) is 11.9. The third kappa shape index (κ3) is 5.59. The summed E-state index contributed by atoms with van der Waals surface area (Å²) >= 11 is 5.94. The molecule has 2 aliphatic rings. The molecule has 1 aliphatic heterocycles. The van der Waals surface area contributed by atoms with Gasteiger partial charge in [0.15, 0.2) is 0 Å². The van der Waals surface area contributed by atoms with Crippen molar-refractivity contribution < 1.29 is 14.4 Å². The number of halogens is 1. The summed E-state index contributed by atoms with van der Waals surface area (Å²) in [5.41, 5.74) is 6.93. The molecule has 0 bridgehead atoms. The highest BCUT2D eigenvalue weighted by atomic mass is 35.5. The van der Waals surface area contributed by atoms with Crippen molar-refractivity contribution in [2.75, 3.05) is 26.2 Å². The van der Waals surface area contributed by atoms with Gasteiger partial charge in [-0.1, -0.05) is 54.8 Å². The molecule has 3 amide bonds. The monoisotopic (exact) mass is 482 g/mol. The second-order valence-corrected chi connectivity index (χ2v) is 9.48. The summed E-state index contributed by atoms with van der Waals surface area (Å²) in [5, 5.41) is 3.51. The molecule has 180 valence electrons. The summed E-state index contributed by atoms with van der Waals surface area (Å²) < 4.78 is 0. The number of nitrogens with zero attached hydrogens (tertiary/aromatic N) is 2. The molecule has 2 aromatic carbocycles. The molecular formula is C26H31ClN4O3. The molecule has 2 aromatic rings. The summed E-state index contributed by atoms with van der Waals surface area (Å²) in [6, 6.07) is 15.3. The van der Waals surface area contributed by atoms with Gasteiger partial charge in [-0.15, -0.1) is 0 Å². The quantitative estimate of drug-likeness (QED) is 0.661. The molecule has 4 rings (SSSR count). The zero-order chi connectivity index (χ0) is 24.1. The van der Waals surface area contributed by atoms with E-state index in [0.29, 0.717) is 42.3 Å². The van der Waals surface area contributed by atoms with E-state index in [0.717, 1.165) is 25.7 Å². The van der Waals surface area contributed by atoms with E-state index < -0.39 is 11.9 Å². The minimum atomic E-state index is -0.842. The lowest BCUT2D eigenvalue weighted by atomic mass is 9.82. The van der Waals surface area contributed by atoms with Crippen LogP contribution in [0.5, 0.6) is 0 Å². The SMILES string of the molecule is NC(=O)[C@@H](NC(=O)[C@@H]1CCCC[C@H]1N1CCN(C(=O)c2ccc(Cl)cc2)CC1)c1ccccc1. The average Bonchev–Trinajstić information content (AvgIpc) is 2.87. The maximum atomic E-state index is 13.3. The van der Waals surface area contributed by atoms with Crippen molar-refractivity contribution in [3.63, 3.8) is 0 Å². The number of carbonyl (C=O) groups is 3. The minimum Gasteiger partial charge on any atom is -0.368 e. The maximum absolute atomic E-state index is 13.3. The summed E-state index contributed by atoms with van der Waals surface area (Å²) in [6.07, 6.45) is 3.75. The van der Waals surface area contributed by atoms with Crippen LogP contribution < -0.4 is 11.1 Å². The number of hydrogen-bond acceptors (Lipinski definition) is 4. The lowest BCUT2D eigenvalue weighted by Crippen LogP contribution is -2.56. The molecule has 1 heterocycles. The van der Waals surface area contributed by atoms with Gasteiger partial charge in [-0.05, 0) is 42.7 Å². The Morgan fingerprint density at radius 1 is 0.912 bits per heavy atom. The molecule has 1 saturated carbocycles. The first kappa shape index (κ1) is 24.2. The first-order chi connectivity index (χ1) is 16.4. The van der Waals surface area contributed by atoms with Crippen molar-refractivity contribution in [1.82, 2.24) is 15.1 Å². The van der Waals surface area contributed by atoms with Gasteiger partial charge in [0.05, 0.1) is 5.92 Å². The van der Waals surface area contributed by atoms with Crippen molar-refractivity contribution in [2.45, 2.75) is 37.8 Å². The highest BCUT2D eigenvalue weighted by molar-refractivity contribution is 6.30. The number of benzene rings is 2. The Kier molecular flexibility index (Phi) is 7.85. The van der Waals surface area contributed by atoms with Crippen molar-refractivity contribution >= 4 is 29.3 Å². The van der Waals surface area contributed by atoms with E-state index in [1.54, 1.807) is 36.4 Å². The van der Waals surface area contributed by atoms with Gasteiger partial charge in [0.2, 0.25) is 11.8 Å². The van der Waals surface area contributed by atoms with Gasteiger partial charge in [0.25, 0.3) is 5.91 Å². The fourth-order valence-corrected chi connectivity index (χ4v) is 5.23. The fraction of sp³-hybridized carbons (Fsp3) is 0.423. The normalized spacial score (nSPS) is 22.1. The molecule has 1 saturated heterocycles. The molecule has 7 nitrogen and oxygen atoms in total. The smallest absolute Gasteiger partial charge is 0.253 e. The molecule has 34 heavy (non-hydrogen) atoms. The van der Waals surface area contributed by atoms with E-state index in [2.05, 4.69) is 10.2 Å². The van der Waals surface area contributed by atoms with Crippen LogP contribution in [0.15, 0.2) is 54.6 Å². The molecule has 0 unspecified atom stereocenters. The van der Waals surface area contributed by atoms with Gasteiger partial charge in [0, 0.05) is 42.8 Å². The second kappa shape index (κ2) is 11.0. The molecule has 3 atom stereocenters. The van der Waals surface area contributed by atoms with Crippen LogP contribution in [0.1, 0.15) is 47.6 Å². The van der Waals surface area contributed by atoms with E-state index in [1.165, 1.54) is 0 Å². The van der Waals surface area contributed by atoms with E-state index in [4.69, 9.17) is 17.3 Å². The third-order valence-corrected chi connectivity index (χ3v) is 7.18. The minimum absolute atomic E-state index is 0.00131. The number of hydrogen-bond donors (Lipinski definition) is 2. The fourth-order valence-electron chi connectivity index (χ4n) is 5.10. The maximum Gasteiger partial charge on any atom is 0.253 e. The van der Waals surface area contributed by atoms with Crippen molar-refractivity contribution in [3.8, 4) is 0 Å². The number of nitrogens with two attached hydrogens (primary N) is 1. The number of amides is 3. The molecule has 3 N–H and O–H groups in total. The van der Waals surface area contributed by atoms with Gasteiger partial charge in [-0.3, -0.25) is 19.3 Å². The lowest BCUT2D eigenvalue weighted by Gasteiger charge is -2.44. The van der Waals surface area contributed by atoms with Crippen LogP contribution in [0, 0.1) is 5.92 Å². The summed E-state index contributed by atoms with van der Waals surface area (Å²) in [7, 11) is 0. The van der Waals surface area contributed by atoms with Crippen LogP contribution in [-0.4, -0.2) is 59.7 Å². The highest BCUT2D eigenvalue weighted by Crippen LogP contribution is 2.30. The number of nitrogens with one attached hydrogen (secondary N) is 1. The predicted molar refractivity (Wildman–Crippen MR) is 131 cm³/mol. The number of carbonyl (C=O) groups excluding carboxylic acids is 3. The molecule has 0 radical (unpaired) electrons. The molecule has 0 spiro atoms. The van der Waals surface area contributed by atoms with Gasteiger partial charge >= 0.3 is 0 Å². The number of piperazine rings is 1. The Bertz CT molecular complexity index is 1010. The van der Waals surface area contributed by atoms with Crippen LogP contribution in [0.3, 0.4) is 0 Å². The number of rotatable bonds is 6. The van der Waals surface area contributed by atoms with Crippen LogP contribution in [0.2, 0.25) is 5.02 Å². The topological polar surface area (TPSA) is 95.7 Å². The second-order valence-electron chi connectivity index (χ2n) is 9.05. The van der Waals surface area contributed by atoms with E-state index >= 15 is 0 Å². The van der Waals surface area contributed by atoms with E-state index in [-0.39, 0.29) is 23.8 Å². The Hall–Kier alpha value is -2.90. The van der Waals surface area contributed by atoms with Gasteiger partial charge in [-0.2, -0.15) is 0 Å². The van der Waals surface area contributed by atoms with Crippen molar-refractivity contribution in [3.05, 3.63) is 70.7 Å². The Morgan fingerprint density at radius 2 is 1.56 bits per heavy atom. The zero-order valence-corrected chi connectivity index (χ0v) is 19.9. The average molecular weight is 483 g/mol. The zero-order valence-electron chi connectivity index (χ0n) is 19.2. The molecule has 0 aromatic heterocycles. The van der Waals surface area contributed by atoms with Gasteiger partial charge < -0.3 is 16.0 Å².